The van der Waals surface area contributed by atoms with E-state index < -0.39 is 0 Å². The highest BCUT2D eigenvalue weighted by Gasteiger charge is 2.21. The van der Waals surface area contributed by atoms with Gasteiger partial charge in [-0.1, -0.05) is 29.4 Å². The van der Waals surface area contributed by atoms with Crippen molar-refractivity contribution < 1.29 is 9.05 Å². The maximum Gasteiger partial charge on any atom is 0.263 e. The monoisotopic (exact) mass is 427 g/mol. The fraction of sp³-hybridized carbons (Fsp3) is 0.500. The summed E-state index contributed by atoms with van der Waals surface area (Å²) in [6.07, 6.45) is 1.14. The molecule has 160 valence electrons. The summed E-state index contributed by atoms with van der Waals surface area (Å²) in [7, 11) is 0. The van der Waals surface area contributed by atoms with Gasteiger partial charge in [0.05, 0.1) is 12.2 Å². The zero-order valence-corrected chi connectivity index (χ0v) is 18.7. The van der Waals surface area contributed by atoms with E-state index in [0.717, 1.165) is 56.2 Å². The number of hydrogen-bond acceptors (Lipinski definition) is 8. The lowest BCUT2D eigenvalue weighted by Gasteiger charge is -2.21. The van der Waals surface area contributed by atoms with Crippen molar-refractivity contribution in [3.05, 3.63) is 47.1 Å². The lowest BCUT2D eigenvalue weighted by molar-refractivity contribution is 0.241. The van der Waals surface area contributed by atoms with Gasteiger partial charge in [0, 0.05) is 24.5 Å². The number of thioether (sulfide) groups is 1. The first-order valence-corrected chi connectivity index (χ1v) is 11.5. The van der Waals surface area contributed by atoms with Crippen LogP contribution in [0.25, 0.3) is 11.5 Å². The molecule has 0 aliphatic carbocycles. The quantitative estimate of drug-likeness (QED) is 0.521. The molecule has 0 unspecified atom stereocenters. The summed E-state index contributed by atoms with van der Waals surface area (Å²) in [4.78, 5) is 10.9. The first kappa shape index (κ1) is 21.1. The van der Waals surface area contributed by atoms with Crippen LogP contribution in [0.2, 0.25) is 0 Å². The molecule has 0 radical (unpaired) electrons. The fourth-order valence-electron chi connectivity index (χ4n) is 3.86. The standard InChI is InChI=1S/C22H29N5O2S/c1-4-30-19-8-6-18(7-9-19)14-26-10-5-11-27(13-12-26)15-20-23-22(29-25-20)21-16(2)24-28-17(21)3/h6-9H,4-5,10-15H2,1-3H3. The van der Waals surface area contributed by atoms with Crippen LogP contribution in [0.3, 0.4) is 0 Å². The van der Waals surface area contributed by atoms with Crippen LogP contribution >= 0.6 is 11.8 Å². The Morgan fingerprint density at radius 1 is 0.933 bits per heavy atom. The number of hydrogen-bond donors (Lipinski definition) is 0. The summed E-state index contributed by atoms with van der Waals surface area (Å²) in [5.74, 6) is 3.01. The Balaban J connectivity index is 1.31. The van der Waals surface area contributed by atoms with Crippen molar-refractivity contribution in [3.8, 4) is 11.5 Å². The van der Waals surface area contributed by atoms with Crippen molar-refractivity contribution >= 4 is 11.8 Å². The molecular weight excluding hydrogens is 398 g/mol. The maximum atomic E-state index is 5.47. The number of rotatable bonds is 7. The van der Waals surface area contributed by atoms with Crippen LogP contribution in [0.4, 0.5) is 0 Å². The van der Waals surface area contributed by atoms with E-state index in [1.807, 2.05) is 25.6 Å². The second-order valence-corrected chi connectivity index (χ2v) is 9.04. The van der Waals surface area contributed by atoms with Gasteiger partial charge in [-0.3, -0.25) is 9.80 Å². The minimum Gasteiger partial charge on any atom is -0.361 e. The van der Waals surface area contributed by atoms with Crippen molar-refractivity contribution in [1.29, 1.82) is 0 Å². The summed E-state index contributed by atoms with van der Waals surface area (Å²) in [6.45, 7) is 11.8. The van der Waals surface area contributed by atoms with E-state index in [1.54, 1.807) is 0 Å². The second-order valence-electron chi connectivity index (χ2n) is 7.70. The Bertz CT molecular complexity index is 933. The van der Waals surface area contributed by atoms with Gasteiger partial charge in [-0.25, -0.2) is 0 Å². The number of nitrogens with zero attached hydrogens (tertiary/aromatic N) is 5. The van der Waals surface area contributed by atoms with E-state index in [0.29, 0.717) is 24.0 Å². The zero-order valence-electron chi connectivity index (χ0n) is 17.9. The van der Waals surface area contributed by atoms with Crippen LogP contribution in [0.15, 0.2) is 38.2 Å². The van der Waals surface area contributed by atoms with E-state index >= 15 is 0 Å². The second kappa shape index (κ2) is 9.76. The molecular formula is C22H29N5O2S. The summed E-state index contributed by atoms with van der Waals surface area (Å²) in [6, 6.07) is 8.99. The van der Waals surface area contributed by atoms with E-state index in [-0.39, 0.29) is 0 Å². The van der Waals surface area contributed by atoms with Crippen LogP contribution in [-0.2, 0) is 13.1 Å². The molecule has 0 N–H and O–H groups in total. The summed E-state index contributed by atoms with van der Waals surface area (Å²) in [5.41, 5.74) is 2.96. The molecule has 3 heterocycles. The van der Waals surface area contributed by atoms with Gasteiger partial charge in [0.25, 0.3) is 5.89 Å². The van der Waals surface area contributed by atoms with Crippen LogP contribution < -0.4 is 0 Å². The molecule has 1 fully saturated rings. The van der Waals surface area contributed by atoms with Gasteiger partial charge >= 0.3 is 0 Å². The minimum atomic E-state index is 0.488. The Morgan fingerprint density at radius 3 is 2.33 bits per heavy atom. The summed E-state index contributed by atoms with van der Waals surface area (Å²) >= 11 is 1.89. The highest BCUT2D eigenvalue weighted by molar-refractivity contribution is 7.99. The third-order valence-electron chi connectivity index (χ3n) is 5.40. The van der Waals surface area contributed by atoms with Crippen LogP contribution in [0.1, 0.15) is 36.2 Å². The van der Waals surface area contributed by atoms with Crippen LogP contribution in [-0.4, -0.2) is 57.0 Å². The molecule has 30 heavy (non-hydrogen) atoms. The molecule has 1 saturated heterocycles. The molecule has 8 heteroatoms. The molecule has 2 aromatic heterocycles. The van der Waals surface area contributed by atoms with E-state index in [1.165, 1.54) is 10.5 Å². The average molecular weight is 428 g/mol. The predicted molar refractivity (Wildman–Crippen MR) is 117 cm³/mol. The molecule has 7 nitrogen and oxygen atoms in total. The van der Waals surface area contributed by atoms with Crippen molar-refractivity contribution in [3.63, 3.8) is 0 Å². The molecule has 4 rings (SSSR count). The first-order valence-electron chi connectivity index (χ1n) is 10.5. The summed E-state index contributed by atoms with van der Waals surface area (Å²) < 4.78 is 10.7. The molecule has 0 amide bonds. The van der Waals surface area contributed by atoms with Crippen molar-refractivity contribution in [2.75, 3.05) is 31.9 Å². The van der Waals surface area contributed by atoms with Crippen molar-refractivity contribution in [2.24, 2.45) is 0 Å². The van der Waals surface area contributed by atoms with Gasteiger partial charge < -0.3 is 9.05 Å². The van der Waals surface area contributed by atoms with Gasteiger partial charge in [0.1, 0.15) is 11.3 Å². The number of aromatic nitrogens is 3. The van der Waals surface area contributed by atoms with Gasteiger partial charge in [0.15, 0.2) is 5.82 Å². The normalized spacial score (nSPS) is 16.1. The smallest absolute Gasteiger partial charge is 0.263 e. The topological polar surface area (TPSA) is 71.4 Å². The molecule has 0 spiro atoms. The molecule has 3 aromatic rings. The van der Waals surface area contributed by atoms with Crippen LogP contribution in [0.5, 0.6) is 0 Å². The largest absolute Gasteiger partial charge is 0.361 e. The Morgan fingerprint density at radius 2 is 1.67 bits per heavy atom. The molecule has 0 bridgehead atoms. The summed E-state index contributed by atoms with van der Waals surface area (Å²) in [5, 5.41) is 8.14. The molecule has 1 aliphatic rings. The van der Waals surface area contributed by atoms with Crippen molar-refractivity contribution in [2.45, 2.75) is 45.2 Å². The molecule has 1 aliphatic heterocycles. The predicted octanol–water partition coefficient (Wildman–Crippen LogP) is 4.16. The fourth-order valence-corrected chi connectivity index (χ4v) is 4.53. The number of benzene rings is 1. The van der Waals surface area contributed by atoms with Crippen molar-refractivity contribution in [1.82, 2.24) is 25.1 Å². The first-order chi connectivity index (χ1) is 14.6. The van der Waals surface area contributed by atoms with E-state index in [9.17, 15) is 0 Å². The van der Waals surface area contributed by atoms with Gasteiger partial charge in [-0.15, -0.1) is 11.8 Å². The molecule has 1 aromatic carbocycles. The van der Waals surface area contributed by atoms with E-state index in [4.69, 9.17) is 9.05 Å². The lowest BCUT2D eigenvalue weighted by Crippen LogP contribution is -2.30. The molecule has 0 atom stereocenters. The van der Waals surface area contributed by atoms with Crippen LogP contribution in [0, 0.1) is 13.8 Å². The van der Waals surface area contributed by atoms with Gasteiger partial charge in [0.2, 0.25) is 0 Å². The highest BCUT2D eigenvalue weighted by atomic mass is 32.2. The minimum absolute atomic E-state index is 0.488. The van der Waals surface area contributed by atoms with Gasteiger partial charge in [-0.2, -0.15) is 4.98 Å². The SMILES string of the molecule is CCSc1ccc(CN2CCCN(Cc3noc(-c4c(C)noc4C)n3)CC2)cc1. The Kier molecular flexibility index (Phi) is 6.86. The Hall–Kier alpha value is -2.16. The third kappa shape index (κ3) is 5.11. The highest BCUT2D eigenvalue weighted by Crippen LogP contribution is 2.25. The molecule has 0 saturated carbocycles. The van der Waals surface area contributed by atoms with E-state index in [2.05, 4.69) is 56.3 Å². The van der Waals surface area contributed by atoms with Gasteiger partial charge in [-0.05, 0) is 56.8 Å². The average Bonchev–Trinajstić information content (AvgIpc) is 3.25. The third-order valence-corrected chi connectivity index (χ3v) is 6.30. The lowest BCUT2D eigenvalue weighted by atomic mass is 10.2. The zero-order chi connectivity index (χ0) is 20.9. The number of aryl methyl sites for hydroxylation is 2. The Labute approximate surface area is 181 Å². The maximum absolute atomic E-state index is 5.47.